The number of carbonyl (C=O) groups is 1. The number of carbonyl (C=O) groups excluding carboxylic acids is 1. The van der Waals surface area contributed by atoms with Crippen LogP contribution in [-0.4, -0.2) is 5.91 Å². The zero-order chi connectivity index (χ0) is 19.9. The molecule has 0 unspecified atom stereocenters. The minimum atomic E-state index is -1.10. The number of nitrogens with one attached hydrogen (secondary N) is 2. The normalized spacial score (nSPS) is 10.9. The molecule has 0 bridgehead atoms. The summed E-state index contributed by atoms with van der Waals surface area (Å²) >= 11 is 0. The molecular weight excluding hydrogens is 356 g/mol. The van der Waals surface area contributed by atoms with Crippen LogP contribution in [0.4, 0.5) is 11.4 Å². The summed E-state index contributed by atoms with van der Waals surface area (Å²) in [5, 5.41) is 6.63. The van der Waals surface area contributed by atoms with Crippen molar-refractivity contribution in [3.05, 3.63) is 132 Å². The van der Waals surface area contributed by atoms with Crippen LogP contribution in [0.15, 0.2) is 121 Å². The van der Waals surface area contributed by atoms with Gasteiger partial charge < -0.3 is 10.6 Å². The number of amides is 1. The molecule has 4 aromatic rings. The first-order chi connectivity index (χ1) is 14.3. The molecule has 0 aliphatic carbocycles. The van der Waals surface area contributed by atoms with Crippen molar-refractivity contribution in [2.24, 2.45) is 0 Å². The number of benzene rings is 4. The van der Waals surface area contributed by atoms with Crippen molar-refractivity contribution in [1.29, 1.82) is 0 Å². The van der Waals surface area contributed by atoms with Crippen LogP contribution in [0, 0.1) is 0 Å². The van der Waals surface area contributed by atoms with Crippen molar-refractivity contribution >= 4 is 17.3 Å². The molecule has 2 N–H and O–H groups in total. The maximum atomic E-state index is 13.9. The number of rotatable bonds is 6. The topological polar surface area (TPSA) is 41.1 Å². The Bertz CT molecular complexity index is 1010. The first-order valence-electron chi connectivity index (χ1n) is 9.60. The van der Waals surface area contributed by atoms with E-state index in [1.54, 1.807) is 0 Å². The number of para-hydroxylation sites is 2. The molecule has 0 saturated heterocycles. The summed E-state index contributed by atoms with van der Waals surface area (Å²) in [6, 6.07) is 39.0. The zero-order valence-corrected chi connectivity index (χ0v) is 16.0. The summed E-state index contributed by atoms with van der Waals surface area (Å²) in [5.74, 6) is -0.148. The summed E-state index contributed by atoms with van der Waals surface area (Å²) in [7, 11) is 0. The molecule has 142 valence electrons. The standard InChI is InChI=1S/C26H22N2O/c29-25(27-23-17-9-3-10-18-23)26(21-13-5-1-6-14-21,22-15-7-2-8-16-22)28-24-19-11-4-12-20-24/h1-20,28H,(H,27,29). The molecule has 0 aliphatic rings. The van der Waals surface area contributed by atoms with Gasteiger partial charge in [0.25, 0.3) is 5.91 Å². The van der Waals surface area contributed by atoms with E-state index in [0.717, 1.165) is 22.5 Å². The van der Waals surface area contributed by atoms with Crippen LogP contribution in [0.25, 0.3) is 0 Å². The van der Waals surface area contributed by atoms with Crippen LogP contribution in [-0.2, 0) is 10.3 Å². The molecule has 3 nitrogen and oxygen atoms in total. The number of hydrogen-bond acceptors (Lipinski definition) is 2. The lowest BCUT2D eigenvalue weighted by molar-refractivity contribution is -0.119. The highest BCUT2D eigenvalue weighted by molar-refractivity contribution is 6.03. The van der Waals surface area contributed by atoms with Gasteiger partial charge in [0.1, 0.15) is 0 Å². The lowest BCUT2D eigenvalue weighted by Gasteiger charge is -2.35. The van der Waals surface area contributed by atoms with E-state index in [-0.39, 0.29) is 5.91 Å². The molecule has 0 atom stereocenters. The van der Waals surface area contributed by atoms with Gasteiger partial charge in [-0.05, 0) is 35.4 Å². The molecule has 0 heterocycles. The Balaban J connectivity index is 1.89. The van der Waals surface area contributed by atoms with Gasteiger partial charge in [-0.3, -0.25) is 4.79 Å². The molecule has 4 rings (SSSR count). The van der Waals surface area contributed by atoms with Crippen molar-refractivity contribution in [1.82, 2.24) is 0 Å². The lowest BCUT2D eigenvalue weighted by atomic mass is 9.81. The summed E-state index contributed by atoms with van der Waals surface area (Å²) in [4.78, 5) is 13.9. The fraction of sp³-hybridized carbons (Fsp3) is 0.0385. The van der Waals surface area contributed by atoms with Crippen LogP contribution >= 0.6 is 0 Å². The Hall–Kier alpha value is -3.85. The van der Waals surface area contributed by atoms with Crippen molar-refractivity contribution < 1.29 is 4.79 Å². The van der Waals surface area contributed by atoms with E-state index in [4.69, 9.17) is 0 Å². The maximum absolute atomic E-state index is 13.9. The second-order valence-corrected chi connectivity index (χ2v) is 6.79. The predicted molar refractivity (Wildman–Crippen MR) is 119 cm³/mol. The minimum absolute atomic E-state index is 0.148. The van der Waals surface area contributed by atoms with Gasteiger partial charge in [-0.15, -0.1) is 0 Å². The second-order valence-electron chi connectivity index (χ2n) is 6.79. The van der Waals surface area contributed by atoms with Crippen molar-refractivity contribution in [3.8, 4) is 0 Å². The van der Waals surface area contributed by atoms with Crippen LogP contribution in [0.2, 0.25) is 0 Å². The fourth-order valence-electron chi connectivity index (χ4n) is 3.49. The van der Waals surface area contributed by atoms with E-state index in [2.05, 4.69) is 10.6 Å². The molecule has 3 heteroatoms. The smallest absolute Gasteiger partial charge is 0.259 e. The largest absolute Gasteiger partial charge is 0.364 e. The Morgan fingerprint density at radius 3 is 1.34 bits per heavy atom. The lowest BCUT2D eigenvalue weighted by Crippen LogP contribution is -2.48. The van der Waals surface area contributed by atoms with Crippen LogP contribution in [0.5, 0.6) is 0 Å². The molecular formula is C26H22N2O. The highest BCUT2D eigenvalue weighted by Crippen LogP contribution is 2.35. The molecule has 29 heavy (non-hydrogen) atoms. The Morgan fingerprint density at radius 1 is 0.517 bits per heavy atom. The van der Waals surface area contributed by atoms with Crippen LogP contribution in [0.1, 0.15) is 11.1 Å². The molecule has 0 aromatic heterocycles. The molecule has 0 saturated carbocycles. The molecule has 0 fully saturated rings. The summed E-state index contributed by atoms with van der Waals surface area (Å²) < 4.78 is 0. The summed E-state index contributed by atoms with van der Waals surface area (Å²) in [6.45, 7) is 0. The van der Waals surface area contributed by atoms with Crippen molar-refractivity contribution in [3.63, 3.8) is 0 Å². The minimum Gasteiger partial charge on any atom is -0.364 e. The van der Waals surface area contributed by atoms with Gasteiger partial charge in [0, 0.05) is 11.4 Å². The quantitative estimate of drug-likeness (QED) is 0.453. The summed E-state index contributed by atoms with van der Waals surface area (Å²) in [6.07, 6.45) is 0. The van der Waals surface area contributed by atoms with Gasteiger partial charge in [0.05, 0.1) is 0 Å². The third-order valence-electron chi connectivity index (χ3n) is 4.89. The van der Waals surface area contributed by atoms with Crippen LogP contribution in [0.3, 0.4) is 0 Å². The highest BCUT2D eigenvalue weighted by atomic mass is 16.2. The van der Waals surface area contributed by atoms with Crippen molar-refractivity contribution in [2.45, 2.75) is 5.54 Å². The van der Waals surface area contributed by atoms with Crippen LogP contribution < -0.4 is 10.6 Å². The Kier molecular flexibility index (Phi) is 5.39. The average molecular weight is 378 g/mol. The number of hydrogen-bond donors (Lipinski definition) is 2. The Labute approximate surface area is 171 Å². The highest BCUT2D eigenvalue weighted by Gasteiger charge is 2.42. The third kappa shape index (κ3) is 3.90. The number of anilines is 2. The molecule has 4 aromatic carbocycles. The average Bonchev–Trinajstić information content (AvgIpc) is 2.80. The van der Waals surface area contributed by atoms with Gasteiger partial charge >= 0.3 is 0 Å². The first kappa shape index (κ1) is 18.5. The van der Waals surface area contributed by atoms with E-state index >= 15 is 0 Å². The fourth-order valence-corrected chi connectivity index (χ4v) is 3.49. The second kappa shape index (κ2) is 8.44. The van der Waals surface area contributed by atoms with E-state index in [0.29, 0.717) is 0 Å². The van der Waals surface area contributed by atoms with Crippen molar-refractivity contribution in [2.75, 3.05) is 10.6 Å². The van der Waals surface area contributed by atoms with Gasteiger partial charge in [-0.25, -0.2) is 0 Å². The van der Waals surface area contributed by atoms with Gasteiger partial charge in [0.2, 0.25) is 0 Å². The van der Waals surface area contributed by atoms with Gasteiger partial charge in [-0.1, -0.05) is 97.1 Å². The first-order valence-corrected chi connectivity index (χ1v) is 9.60. The zero-order valence-electron chi connectivity index (χ0n) is 16.0. The van der Waals surface area contributed by atoms with Gasteiger partial charge in [-0.2, -0.15) is 0 Å². The van der Waals surface area contributed by atoms with E-state index in [1.807, 2.05) is 121 Å². The molecule has 1 amide bonds. The van der Waals surface area contributed by atoms with E-state index < -0.39 is 5.54 Å². The maximum Gasteiger partial charge on any atom is 0.259 e. The molecule has 0 aliphatic heterocycles. The predicted octanol–water partition coefficient (Wildman–Crippen LogP) is 5.68. The van der Waals surface area contributed by atoms with E-state index in [1.165, 1.54) is 0 Å². The summed E-state index contributed by atoms with van der Waals surface area (Å²) in [5.41, 5.74) is 2.25. The van der Waals surface area contributed by atoms with E-state index in [9.17, 15) is 4.79 Å². The monoisotopic (exact) mass is 378 g/mol. The SMILES string of the molecule is O=C(Nc1ccccc1)C(Nc1ccccc1)(c1ccccc1)c1ccccc1. The molecule has 0 radical (unpaired) electrons. The third-order valence-corrected chi connectivity index (χ3v) is 4.89. The Morgan fingerprint density at radius 2 is 0.897 bits per heavy atom. The van der Waals surface area contributed by atoms with Gasteiger partial charge in [0.15, 0.2) is 5.54 Å². The molecule has 0 spiro atoms.